The van der Waals surface area contributed by atoms with Crippen molar-refractivity contribution >= 4 is 11.8 Å². The molecule has 2 N–H and O–H groups in total. The topological polar surface area (TPSA) is 68.2 Å². The number of urea groups is 1. The first-order chi connectivity index (χ1) is 11.8. The third-order valence-electron chi connectivity index (χ3n) is 3.61. The maximum absolute atomic E-state index is 13.7. The summed E-state index contributed by atoms with van der Waals surface area (Å²) in [4.78, 5) is 12.0. The SMILES string of the molecule is CCc1cc(NC(=O)N[C@@H](c2ccc(OC)c(F)c2)C(F)F)n(C)n1. The minimum absolute atomic E-state index is 0.0665. The molecule has 0 radical (unpaired) electrons. The molecule has 2 rings (SSSR count). The number of methoxy groups -OCH3 is 1. The fourth-order valence-corrected chi connectivity index (χ4v) is 2.28. The number of nitrogens with zero attached hydrogens (tertiary/aromatic N) is 2. The zero-order valence-electron chi connectivity index (χ0n) is 14.0. The summed E-state index contributed by atoms with van der Waals surface area (Å²) < 4.78 is 46.6. The van der Waals surface area contributed by atoms with Crippen LogP contribution >= 0.6 is 0 Å². The Morgan fingerprint density at radius 2 is 2.08 bits per heavy atom. The molecule has 0 saturated carbocycles. The number of alkyl halides is 2. The lowest BCUT2D eigenvalue weighted by Gasteiger charge is -2.19. The molecule has 1 heterocycles. The summed E-state index contributed by atoms with van der Waals surface area (Å²) in [5.74, 6) is -0.487. The molecular weight excluding hydrogens is 337 g/mol. The van der Waals surface area contributed by atoms with Crippen LogP contribution in [-0.4, -0.2) is 29.3 Å². The van der Waals surface area contributed by atoms with Crippen LogP contribution in [0.2, 0.25) is 0 Å². The molecule has 25 heavy (non-hydrogen) atoms. The summed E-state index contributed by atoms with van der Waals surface area (Å²) >= 11 is 0. The first-order valence-electron chi connectivity index (χ1n) is 7.57. The molecule has 0 bridgehead atoms. The lowest BCUT2D eigenvalue weighted by Crippen LogP contribution is -2.36. The quantitative estimate of drug-likeness (QED) is 0.835. The third kappa shape index (κ3) is 4.43. The number of hydrogen-bond donors (Lipinski definition) is 2. The highest BCUT2D eigenvalue weighted by molar-refractivity contribution is 5.88. The molecule has 0 aliphatic rings. The van der Waals surface area contributed by atoms with Crippen molar-refractivity contribution < 1.29 is 22.7 Å². The van der Waals surface area contributed by atoms with Crippen molar-refractivity contribution in [2.75, 3.05) is 12.4 Å². The number of anilines is 1. The number of aromatic nitrogens is 2. The van der Waals surface area contributed by atoms with E-state index in [0.717, 1.165) is 11.8 Å². The summed E-state index contributed by atoms with van der Waals surface area (Å²) in [6.07, 6.45) is -2.25. The van der Waals surface area contributed by atoms with Crippen LogP contribution in [0, 0.1) is 5.82 Å². The minimum Gasteiger partial charge on any atom is -0.494 e. The Labute approximate surface area is 143 Å². The molecule has 2 amide bonds. The summed E-state index contributed by atoms with van der Waals surface area (Å²) in [6, 6.07) is 2.55. The van der Waals surface area contributed by atoms with Crippen LogP contribution < -0.4 is 15.4 Å². The first-order valence-corrected chi connectivity index (χ1v) is 7.57. The molecule has 0 unspecified atom stereocenters. The van der Waals surface area contributed by atoms with Gasteiger partial charge in [0.1, 0.15) is 11.9 Å². The average molecular weight is 356 g/mol. The number of rotatable bonds is 6. The van der Waals surface area contributed by atoms with Gasteiger partial charge in [-0.2, -0.15) is 5.10 Å². The number of hydrogen-bond acceptors (Lipinski definition) is 3. The van der Waals surface area contributed by atoms with Gasteiger partial charge < -0.3 is 10.1 Å². The second-order valence-corrected chi connectivity index (χ2v) is 5.30. The van der Waals surface area contributed by atoms with Crippen molar-refractivity contribution in [2.45, 2.75) is 25.8 Å². The van der Waals surface area contributed by atoms with Crippen LogP contribution in [0.1, 0.15) is 24.2 Å². The number of aryl methyl sites for hydroxylation is 2. The van der Waals surface area contributed by atoms with Gasteiger partial charge >= 0.3 is 6.03 Å². The Morgan fingerprint density at radius 3 is 2.60 bits per heavy atom. The van der Waals surface area contributed by atoms with E-state index in [1.54, 1.807) is 13.1 Å². The monoisotopic (exact) mass is 356 g/mol. The molecule has 0 aliphatic heterocycles. The van der Waals surface area contributed by atoms with Crippen LogP contribution in [0.4, 0.5) is 23.8 Å². The molecule has 2 aromatic rings. The standard InChI is InChI=1S/C16H19F3N4O2/c1-4-10-8-13(23(2)22-10)20-16(24)21-14(15(18)19)9-5-6-12(25-3)11(17)7-9/h5-8,14-15H,4H2,1-3H3,(H2,20,21,24)/t14-/m0/s1. The second kappa shape index (κ2) is 7.91. The zero-order valence-corrected chi connectivity index (χ0v) is 14.0. The van der Waals surface area contributed by atoms with E-state index in [4.69, 9.17) is 4.74 Å². The molecule has 0 saturated heterocycles. The highest BCUT2D eigenvalue weighted by Crippen LogP contribution is 2.26. The highest BCUT2D eigenvalue weighted by atomic mass is 19.3. The highest BCUT2D eigenvalue weighted by Gasteiger charge is 2.26. The van der Waals surface area contributed by atoms with Gasteiger partial charge in [0.15, 0.2) is 11.6 Å². The van der Waals surface area contributed by atoms with Gasteiger partial charge in [-0.1, -0.05) is 13.0 Å². The third-order valence-corrected chi connectivity index (χ3v) is 3.61. The Kier molecular flexibility index (Phi) is 5.89. The molecule has 1 aromatic carbocycles. The van der Waals surface area contributed by atoms with Crippen molar-refractivity contribution in [1.82, 2.24) is 15.1 Å². The molecule has 6 nitrogen and oxygen atoms in total. The van der Waals surface area contributed by atoms with Crippen molar-refractivity contribution in [3.05, 3.63) is 41.3 Å². The first kappa shape index (κ1) is 18.6. The van der Waals surface area contributed by atoms with Crippen LogP contribution in [0.25, 0.3) is 0 Å². The number of nitrogens with one attached hydrogen (secondary N) is 2. The van der Waals surface area contributed by atoms with Gasteiger partial charge in [0.2, 0.25) is 0 Å². The van der Waals surface area contributed by atoms with Gasteiger partial charge in [0.05, 0.1) is 12.8 Å². The Bertz CT molecular complexity index is 749. The number of ether oxygens (including phenoxy) is 1. The lowest BCUT2D eigenvalue weighted by molar-refractivity contribution is 0.102. The predicted molar refractivity (Wildman–Crippen MR) is 86.4 cm³/mol. The predicted octanol–water partition coefficient (Wildman–Crippen LogP) is 3.26. The van der Waals surface area contributed by atoms with E-state index >= 15 is 0 Å². The van der Waals surface area contributed by atoms with Crippen LogP contribution in [0.5, 0.6) is 5.75 Å². The average Bonchev–Trinajstić information content (AvgIpc) is 2.92. The number of benzene rings is 1. The number of carbonyl (C=O) groups is 1. The molecule has 9 heteroatoms. The lowest BCUT2D eigenvalue weighted by atomic mass is 10.1. The van der Waals surface area contributed by atoms with E-state index in [0.29, 0.717) is 12.2 Å². The molecule has 1 atom stereocenters. The fourth-order valence-electron chi connectivity index (χ4n) is 2.28. The maximum atomic E-state index is 13.7. The van der Waals surface area contributed by atoms with Crippen molar-refractivity contribution in [3.63, 3.8) is 0 Å². The number of halogens is 3. The maximum Gasteiger partial charge on any atom is 0.321 e. The van der Waals surface area contributed by atoms with Crippen molar-refractivity contribution in [2.24, 2.45) is 7.05 Å². The van der Waals surface area contributed by atoms with Gasteiger partial charge in [-0.3, -0.25) is 10.00 Å². The minimum atomic E-state index is -2.92. The molecular formula is C16H19F3N4O2. The summed E-state index contributed by atoms with van der Waals surface area (Å²) in [7, 11) is 2.89. The van der Waals surface area contributed by atoms with Crippen molar-refractivity contribution in [1.29, 1.82) is 0 Å². The largest absolute Gasteiger partial charge is 0.494 e. The summed E-state index contributed by atoms with van der Waals surface area (Å²) in [5.41, 5.74) is 0.683. The van der Waals surface area contributed by atoms with Gasteiger partial charge in [0.25, 0.3) is 6.43 Å². The van der Waals surface area contributed by atoms with Gasteiger partial charge in [0, 0.05) is 13.1 Å². The van der Waals surface area contributed by atoms with Crippen LogP contribution in [0.15, 0.2) is 24.3 Å². The van der Waals surface area contributed by atoms with Crippen LogP contribution in [-0.2, 0) is 13.5 Å². The zero-order chi connectivity index (χ0) is 18.6. The molecule has 0 spiro atoms. The summed E-state index contributed by atoms with van der Waals surface area (Å²) in [6.45, 7) is 1.90. The number of amides is 2. The van der Waals surface area contributed by atoms with Crippen molar-refractivity contribution in [3.8, 4) is 5.75 Å². The van der Waals surface area contributed by atoms with Gasteiger partial charge in [-0.15, -0.1) is 0 Å². The smallest absolute Gasteiger partial charge is 0.321 e. The molecule has 136 valence electrons. The van der Waals surface area contributed by atoms with Gasteiger partial charge in [-0.25, -0.2) is 18.0 Å². The molecule has 0 fully saturated rings. The Balaban J connectivity index is 2.14. The van der Waals surface area contributed by atoms with E-state index in [-0.39, 0.29) is 11.3 Å². The molecule has 0 aliphatic carbocycles. The van der Waals surface area contributed by atoms with E-state index in [9.17, 15) is 18.0 Å². The number of carbonyl (C=O) groups excluding carboxylic acids is 1. The van der Waals surface area contributed by atoms with E-state index in [1.807, 2.05) is 6.92 Å². The van der Waals surface area contributed by atoms with Crippen LogP contribution in [0.3, 0.4) is 0 Å². The second-order valence-electron chi connectivity index (χ2n) is 5.30. The molecule has 1 aromatic heterocycles. The van der Waals surface area contributed by atoms with E-state index in [2.05, 4.69) is 15.7 Å². The van der Waals surface area contributed by atoms with E-state index < -0.39 is 24.3 Å². The Morgan fingerprint density at radius 1 is 1.36 bits per heavy atom. The summed E-state index contributed by atoms with van der Waals surface area (Å²) in [5, 5.41) is 8.76. The fraction of sp³-hybridized carbons (Fsp3) is 0.375. The van der Waals surface area contributed by atoms with E-state index in [1.165, 1.54) is 23.9 Å². The Hall–Kier alpha value is -2.71. The normalized spacial score (nSPS) is 12.1. The van der Waals surface area contributed by atoms with Gasteiger partial charge in [-0.05, 0) is 24.1 Å².